The van der Waals surface area contributed by atoms with Crippen molar-refractivity contribution in [3.63, 3.8) is 0 Å². The number of aromatic amines is 1. The minimum atomic E-state index is -0.267. The number of nitrogens with zero attached hydrogens (tertiary/aromatic N) is 2. The van der Waals surface area contributed by atoms with Crippen LogP contribution in [0.15, 0.2) is 35.5 Å². The van der Waals surface area contributed by atoms with Gasteiger partial charge in [0.25, 0.3) is 5.91 Å². The molecule has 4 rings (SSSR count). The number of benzene rings is 1. The Morgan fingerprint density at radius 1 is 1.46 bits per heavy atom. The van der Waals surface area contributed by atoms with Crippen LogP contribution >= 0.6 is 23.4 Å². The molecule has 3 heterocycles. The van der Waals surface area contributed by atoms with Crippen LogP contribution in [0.25, 0.3) is 11.0 Å². The molecule has 0 radical (unpaired) electrons. The number of nitrogens with one attached hydrogen (secondary N) is 2. The van der Waals surface area contributed by atoms with Crippen molar-refractivity contribution in [2.24, 2.45) is 5.73 Å². The fourth-order valence-electron chi connectivity index (χ4n) is 2.76. The van der Waals surface area contributed by atoms with Crippen molar-refractivity contribution in [1.29, 1.82) is 0 Å². The van der Waals surface area contributed by atoms with Gasteiger partial charge in [-0.1, -0.05) is 11.6 Å². The van der Waals surface area contributed by atoms with Gasteiger partial charge in [0.05, 0.1) is 27.9 Å². The Morgan fingerprint density at radius 3 is 3.21 bits per heavy atom. The summed E-state index contributed by atoms with van der Waals surface area (Å²) in [6.45, 7) is 0. The van der Waals surface area contributed by atoms with Crippen molar-refractivity contribution in [2.75, 3.05) is 11.1 Å². The average Bonchev–Trinajstić information content (AvgIpc) is 3.05. The highest BCUT2D eigenvalue weighted by atomic mass is 35.5. The molecule has 0 aliphatic carbocycles. The highest BCUT2D eigenvalue weighted by Crippen LogP contribution is 2.38. The topological polar surface area (TPSA) is 96.7 Å². The largest absolute Gasteiger partial charge is 0.324 e. The lowest BCUT2D eigenvalue weighted by atomic mass is 10.0. The molecule has 0 bridgehead atoms. The van der Waals surface area contributed by atoms with Gasteiger partial charge in [0, 0.05) is 17.1 Å². The Labute approximate surface area is 147 Å². The molecule has 0 saturated carbocycles. The predicted molar refractivity (Wildman–Crippen MR) is 95.6 cm³/mol. The molecule has 24 heavy (non-hydrogen) atoms. The van der Waals surface area contributed by atoms with Gasteiger partial charge in [-0.3, -0.25) is 9.89 Å². The molecular weight excluding hydrogens is 346 g/mol. The first kappa shape index (κ1) is 15.4. The van der Waals surface area contributed by atoms with Gasteiger partial charge < -0.3 is 11.1 Å². The summed E-state index contributed by atoms with van der Waals surface area (Å²) >= 11 is 8.03. The van der Waals surface area contributed by atoms with E-state index in [4.69, 9.17) is 17.3 Å². The summed E-state index contributed by atoms with van der Waals surface area (Å²) in [5.74, 6) is 0.674. The molecule has 1 unspecified atom stereocenters. The number of aromatic nitrogens is 3. The Bertz CT molecular complexity index is 941. The predicted octanol–water partition coefficient (Wildman–Crippen LogP) is 3.36. The Balaban J connectivity index is 1.69. The number of H-pyrrole nitrogens is 1. The minimum absolute atomic E-state index is 0.0263. The summed E-state index contributed by atoms with van der Waals surface area (Å²) in [6, 6.07) is 5.33. The monoisotopic (exact) mass is 359 g/mol. The number of hydrogen-bond acceptors (Lipinski definition) is 5. The highest BCUT2D eigenvalue weighted by molar-refractivity contribution is 7.99. The van der Waals surface area contributed by atoms with Crippen molar-refractivity contribution in [2.45, 2.75) is 17.4 Å². The summed E-state index contributed by atoms with van der Waals surface area (Å²) in [6.07, 6.45) is 4.15. The first-order valence-electron chi connectivity index (χ1n) is 7.45. The normalized spacial score (nSPS) is 16.8. The second kappa shape index (κ2) is 6.08. The van der Waals surface area contributed by atoms with Crippen LogP contribution in [0, 0.1) is 0 Å². The van der Waals surface area contributed by atoms with Crippen molar-refractivity contribution in [3.05, 3.63) is 46.7 Å². The van der Waals surface area contributed by atoms with Crippen LogP contribution in [0.5, 0.6) is 0 Å². The number of carbonyl (C=O) groups is 1. The van der Waals surface area contributed by atoms with E-state index >= 15 is 0 Å². The molecule has 1 aromatic carbocycles. The van der Waals surface area contributed by atoms with Crippen LogP contribution in [0.2, 0.25) is 5.02 Å². The number of anilines is 1. The molecule has 3 aromatic rings. The van der Waals surface area contributed by atoms with Gasteiger partial charge in [0.2, 0.25) is 0 Å². The summed E-state index contributed by atoms with van der Waals surface area (Å²) in [4.78, 5) is 17.9. The van der Waals surface area contributed by atoms with E-state index in [1.54, 1.807) is 30.2 Å². The van der Waals surface area contributed by atoms with Gasteiger partial charge in [-0.05, 0) is 35.9 Å². The zero-order valence-corrected chi connectivity index (χ0v) is 14.1. The van der Waals surface area contributed by atoms with Gasteiger partial charge in [-0.15, -0.1) is 11.8 Å². The maximum Gasteiger partial charge on any atom is 0.257 e. The zero-order chi connectivity index (χ0) is 16.7. The Hall–Kier alpha value is -2.09. The number of halogens is 1. The number of thioether (sulfide) groups is 1. The molecule has 0 fully saturated rings. The summed E-state index contributed by atoms with van der Waals surface area (Å²) in [5, 5.41) is 10.8. The molecule has 6 nitrogen and oxygen atoms in total. The van der Waals surface area contributed by atoms with Crippen molar-refractivity contribution in [3.8, 4) is 0 Å². The molecule has 122 valence electrons. The molecule has 4 N–H and O–H groups in total. The number of pyridine rings is 1. The molecule has 1 aliphatic heterocycles. The summed E-state index contributed by atoms with van der Waals surface area (Å²) in [5.41, 5.74) is 8.82. The zero-order valence-electron chi connectivity index (χ0n) is 12.5. The fraction of sp³-hybridized carbons (Fsp3) is 0.188. The second-order valence-electron chi connectivity index (χ2n) is 5.56. The van der Waals surface area contributed by atoms with Crippen LogP contribution in [0.1, 0.15) is 28.4 Å². The lowest BCUT2D eigenvalue weighted by Crippen LogP contribution is -2.18. The maximum atomic E-state index is 12.7. The smallest absolute Gasteiger partial charge is 0.257 e. The number of rotatable bonds is 2. The third-order valence-electron chi connectivity index (χ3n) is 4.03. The van der Waals surface area contributed by atoms with Crippen LogP contribution in [-0.4, -0.2) is 26.8 Å². The van der Waals surface area contributed by atoms with Gasteiger partial charge in [-0.25, -0.2) is 4.98 Å². The number of hydrogen-bond donors (Lipinski definition) is 3. The van der Waals surface area contributed by atoms with E-state index in [1.807, 2.05) is 12.1 Å². The van der Waals surface area contributed by atoms with Crippen LogP contribution in [-0.2, 0) is 0 Å². The van der Waals surface area contributed by atoms with Crippen molar-refractivity contribution in [1.82, 2.24) is 15.2 Å². The minimum Gasteiger partial charge on any atom is -0.324 e. The van der Waals surface area contributed by atoms with E-state index in [-0.39, 0.29) is 11.9 Å². The molecule has 1 atom stereocenters. The van der Waals surface area contributed by atoms with E-state index in [1.165, 1.54) is 0 Å². The Kier molecular flexibility index (Phi) is 3.91. The summed E-state index contributed by atoms with van der Waals surface area (Å²) in [7, 11) is 0. The second-order valence-corrected chi connectivity index (χ2v) is 7.10. The summed E-state index contributed by atoms with van der Waals surface area (Å²) < 4.78 is 0. The lowest BCUT2D eigenvalue weighted by molar-refractivity contribution is 0.102. The number of amides is 1. The fourth-order valence-corrected chi connectivity index (χ4v) is 4.19. The first-order valence-corrected chi connectivity index (χ1v) is 8.81. The Morgan fingerprint density at radius 2 is 2.33 bits per heavy atom. The highest BCUT2D eigenvalue weighted by Gasteiger charge is 2.22. The molecule has 8 heteroatoms. The third kappa shape index (κ3) is 2.64. The quantitative estimate of drug-likeness (QED) is 0.652. The standard InChI is InChI=1S/C16H14ClN5OS/c17-11-5-9-12(18)2-4-24-14(9)6-8(11)16(23)21-13-1-3-19-15-10(13)7-20-22-15/h1,3,5-7,12H,2,4,18H2,(H2,19,20,21,22,23). The molecule has 0 saturated heterocycles. The van der Waals surface area contributed by atoms with E-state index in [9.17, 15) is 4.79 Å². The number of carbonyl (C=O) groups excluding carboxylic acids is 1. The molecule has 1 aliphatic rings. The van der Waals surface area contributed by atoms with Crippen molar-refractivity contribution < 1.29 is 4.79 Å². The average molecular weight is 360 g/mol. The molecule has 1 amide bonds. The maximum absolute atomic E-state index is 12.7. The van der Waals surface area contributed by atoms with Gasteiger partial charge in [0.1, 0.15) is 0 Å². The number of fused-ring (bicyclic) bond motifs is 2. The van der Waals surface area contributed by atoms with Crippen LogP contribution in [0.4, 0.5) is 5.69 Å². The molecule has 0 spiro atoms. The van der Waals surface area contributed by atoms with Gasteiger partial charge in [0.15, 0.2) is 5.65 Å². The first-order chi connectivity index (χ1) is 11.6. The van der Waals surface area contributed by atoms with Crippen LogP contribution in [0.3, 0.4) is 0 Å². The lowest BCUT2D eigenvalue weighted by Gasteiger charge is -2.22. The molecular formula is C16H14ClN5OS. The van der Waals surface area contributed by atoms with Crippen LogP contribution < -0.4 is 11.1 Å². The van der Waals surface area contributed by atoms with E-state index in [0.29, 0.717) is 21.9 Å². The SMILES string of the molecule is NC1CCSc2cc(C(=O)Nc3ccnc4[nH]ncc34)c(Cl)cc21. The van der Waals surface area contributed by atoms with Gasteiger partial charge in [-0.2, -0.15) is 5.10 Å². The molecule has 2 aromatic heterocycles. The number of nitrogens with two attached hydrogens (primary N) is 1. The van der Waals surface area contributed by atoms with E-state index in [0.717, 1.165) is 28.0 Å². The van der Waals surface area contributed by atoms with Crippen molar-refractivity contribution >= 4 is 46.0 Å². The third-order valence-corrected chi connectivity index (χ3v) is 5.45. The van der Waals surface area contributed by atoms with E-state index in [2.05, 4.69) is 20.5 Å². The van der Waals surface area contributed by atoms with Gasteiger partial charge >= 0.3 is 0 Å². The van der Waals surface area contributed by atoms with E-state index < -0.39 is 0 Å².